The van der Waals surface area contributed by atoms with Gasteiger partial charge in [0.15, 0.2) is 0 Å². The monoisotopic (exact) mass is 421 g/mol. The van der Waals surface area contributed by atoms with Crippen LogP contribution in [0.3, 0.4) is 0 Å². The minimum atomic E-state index is -1.32. The van der Waals surface area contributed by atoms with E-state index in [1.165, 1.54) is 4.90 Å². The van der Waals surface area contributed by atoms with Gasteiger partial charge in [-0.1, -0.05) is 45.0 Å². The number of carbonyl (C=O) groups excluding carboxylic acids is 1. The van der Waals surface area contributed by atoms with Crippen LogP contribution in [0, 0.1) is 22.7 Å². The third kappa shape index (κ3) is 3.93. The Morgan fingerprint density at radius 1 is 1.19 bits per heavy atom. The number of likely N-dealkylation sites (tertiary alicyclic amines) is 1. The van der Waals surface area contributed by atoms with Crippen molar-refractivity contribution in [3.8, 4) is 17.6 Å². The van der Waals surface area contributed by atoms with E-state index in [9.17, 15) is 20.0 Å². The van der Waals surface area contributed by atoms with Gasteiger partial charge in [0.2, 0.25) is 5.91 Å². The summed E-state index contributed by atoms with van der Waals surface area (Å²) in [5.41, 5.74) is 5.26. The summed E-state index contributed by atoms with van der Waals surface area (Å²) in [6.45, 7) is 7.59. The Hall–Kier alpha value is -3.53. The normalized spacial score (nSPS) is 23.3. The highest BCUT2D eigenvalue weighted by atomic mass is 16.5. The number of nitriles is 1. The molecule has 1 saturated heterocycles. The minimum absolute atomic E-state index is 0.253. The van der Waals surface area contributed by atoms with E-state index >= 15 is 0 Å². The molecule has 7 heteroatoms. The molecule has 1 heterocycles. The Morgan fingerprint density at radius 2 is 1.81 bits per heavy atom. The maximum atomic E-state index is 12.5. The van der Waals surface area contributed by atoms with Gasteiger partial charge in [-0.05, 0) is 54.5 Å². The number of rotatable bonds is 4. The smallest absolute Gasteiger partial charge is 0.408 e. The molecule has 7 nitrogen and oxygen atoms in total. The molecule has 0 radical (unpaired) electrons. The van der Waals surface area contributed by atoms with Gasteiger partial charge in [0, 0.05) is 0 Å². The number of hydrogen-bond donors (Lipinski definition) is 2. The summed E-state index contributed by atoms with van der Waals surface area (Å²) in [6.07, 6.45) is -0.700. The predicted octanol–water partition coefficient (Wildman–Crippen LogP) is 4.68. The molecule has 0 saturated carbocycles. The third-order valence-corrected chi connectivity index (χ3v) is 6.20. The standard InChI is InChI=1S/C24H27N3O4/c1-23(2,3)20-13-18(27(22(29)30)24(20,4)21(26)28)15-9-11-17(12-10-15)31-19-8-6-5-7-16(19)14-25/h5-12,18,20H,13H2,1-4H3,(H2,26,28)(H,29,30)/t18-,20?,24+/m1/s1. The second-order valence-corrected chi connectivity index (χ2v) is 9.11. The molecule has 3 atom stereocenters. The first-order chi connectivity index (χ1) is 14.5. The van der Waals surface area contributed by atoms with E-state index in [1.807, 2.05) is 20.8 Å². The molecule has 31 heavy (non-hydrogen) atoms. The number of ether oxygens (including phenoxy) is 1. The average Bonchev–Trinajstić information content (AvgIpc) is 3.04. The summed E-state index contributed by atoms with van der Waals surface area (Å²) in [5.74, 6) is 0.0682. The van der Waals surface area contributed by atoms with Crippen LogP contribution in [0.2, 0.25) is 0 Å². The lowest BCUT2D eigenvalue weighted by Crippen LogP contribution is -2.59. The van der Waals surface area contributed by atoms with E-state index in [-0.39, 0.29) is 11.3 Å². The van der Waals surface area contributed by atoms with E-state index in [0.29, 0.717) is 23.5 Å². The van der Waals surface area contributed by atoms with Gasteiger partial charge in [-0.3, -0.25) is 9.69 Å². The van der Waals surface area contributed by atoms with Crippen LogP contribution in [0.25, 0.3) is 0 Å². The molecular weight excluding hydrogens is 394 g/mol. The number of para-hydroxylation sites is 1. The molecule has 162 valence electrons. The highest BCUT2D eigenvalue weighted by molar-refractivity contribution is 5.89. The van der Waals surface area contributed by atoms with Crippen molar-refractivity contribution in [2.45, 2.75) is 45.7 Å². The fraction of sp³-hybridized carbons (Fsp3) is 0.375. The zero-order chi connectivity index (χ0) is 23.0. The van der Waals surface area contributed by atoms with E-state index in [1.54, 1.807) is 55.5 Å². The summed E-state index contributed by atoms with van der Waals surface area (Å²) in [5, 5.41) is 19.2. The number of amides is 2. The van der Waals surface area contributed by atoms with E-state index in [2.05, 4.69) is 6.07 Å². The Bertz CT molecular complexity index is 1040. The molecule has 1 unspecified atom stereocenters. The maximum absolute atomic E-state index is 12.5. The molecular formula is C24H27N3O4. The Morgan fingerprint density at radius 3 is 2.32 bits per heavy atom. The summed E-state index contributed by atoms with van der Waals surface area (Å²) in [6, 6.07) is 15.5. The van der Waals surface area contributed by atoms with Crippen LogP contribution >= 0.6 is 0 Å². The van der Waals surface area contributed by atoms with Crippen LogP contribution in [-0.4, -0.2) is 27.5 Å². The first-order valence-electron chi connectivity index (χ1n) is 10.1. The van der Waals surface area contributed by atoms with Crippen molar-refractivity contribution < 1.29 is 19.4 Å². The van der Waals surface area contributed by atoms with Gasteiger partial charge in [-0.15, -0.1) is 0 Å². The van der Waals surface area contributed by atoms with E-state index < -0.39 is 23.6 Å². The first kappa shape index (κ1) is 22.2. The van der Waals surface area contributed by atoms with E-state index in [0.717, 1.165) is 5.56 Å². The first-order valence-corrected chi connectivity index (χ1v) is 10.1. The molecule has 2 amide bonds. The van der Waals surface area contributed by atoms with Crippen LogP contribution in [0.4, 0.5) is 4.79 Å². The molecule has 1 fully saturated rings. The SMILES string of the molecule is CC(C)(C)C1C[C@H](c2ccc(Oc3ccccc3C#N)cc2)N(C(=O)O)[C@]1(C)C(N)=O. The molecule has 1 aliphatic rings. The summed E-state index contributed by atoms with van der Waals surface area (Å²) in [4.78, 5) is 25.9. The zero-order valence-corrected chi connectivity index (χ0v) is 18.1. The highest BCUT2D eigenvalue weighted by Gasteiger charge is 2.59. The Labute approximate surface area is 182 Å². The molecule has 0 bridgehead atoms. The van der Waals surface area contributed by atoms with Crippen LogP contribution < -0.4 is 10.5 Å². The van der Waals surface area contributed by atoms with Crippen molar-refractivity contribution in [3.05, 3.63) is 59.7 Å². The summed E-state index contributed by atoms with van der Waals surface area (Å²) in [7, 11) is 0. The molecule has 2 aromatic carbocycles. The number of nitrogens with two attached hydrogens (primary N) is 1. The van der Waals surface area contributed by atoms with Crippen molar-refractivity contribution in [2.75, 3.05) is 0 Å². The van der Waals surface area contributed by atoms with Crippen molar-refractivity contribution in [2.24, 2.45) is 17.1 Å². The van der Waals surface area contributed by atoms with Crippen LogP contribution in [0.1, 0.15) is 51.3 Å². The highest BCUT2D eigenvalue weighted by Crippen LogP contribution is 2.53. The second-order valence-electron chi connectivity index (χ2n) is 9.11. The largest absolute Gasteiger partial charge is 0.465 e. The molecule has 3 N–H and O–H groups in total. The fourth-order valence-corrected chi connectivity index (χ4v) is 4.69. The van der Waals surface area contributed by atoms with Crippen LogP contribution in [-0.2, 0) is 4.79 Å². The van der Waals surface area contributed by atoms with Gasteiger partial charge in [0.05, 0.1) is 11.6 Å². The van der Waals surface area contributed by atoms with Crippen LogP contribution in [0.15, 0.2) is 48.5 Å². The number of benzene rings is 2. The summed E-state index contributed by atoms with van der Waals surface area (Å²) >= 11 is 0. The Balaban J connectivity index is 1.95. The van der Waals surface area contributed by atoms with Crippen LogP contribution in [0.5, 0.6) is 11.5 Å². The van der Waals surface area contributed by atoms with E-state index in [4.69, 9.17) is 10.5 Å². The quantitative estimate of drug-likeness (QED) is 0.743. The molecule has 2 aromatic rings. The van der Waals surface area contributed by atoms with Gasteiger partial charge in [0.1, 0.15) is 23.1 Å². The van der Waals surface area contributed by atoms with Crippen molar-refractivity contribution in [1.82, 2.24) is 4.90 Å². The molecule has 0 aromatic heterocycles. The topological polar surface area (TPSA) is 117 Å². The van der Waals surface area contributed by atoms with Crippen molar-refractivity contribution in [1.29, 1.82) is 5.26 Å². The lowest BCUT2D eigenvalue weighted by molar-refractivity contribution is -0.131. The predicted molar refractivity (Wildman–Crippen MR) is 115 cm³/mol. The summed E-state index contributed by atoms with van der Waals surface area (Å²) < 4.78 is 5.82. The number of primary amides is 1. The molecule has 1 aliphatic heterocycles. The number of hydrogen-bond acceptors (Lipinski definition) is 4. The minimum Gasteiger partial charge on any atom is -0.465 e. The lowest BCUT2D eigenvalue weighted by atomic mass is 9.69. The third-order valence-electron chi connectivity index (χ3n) is 6.20. The van der Waals surface area contributed by atoms with Gasteiger partial charge >= 0.3 is 6.09 Å². The van der Waals surface area contributed by atoms with Gasteiger partial charge in [-0.2, -0.15) is 5.26 Å². The van der Waals surface area contributed by atoms with Gasteiger partial charge < -0.3 is 15.6 Å². The second kappa shape index (κ2) is 7.95. The van der Waals surface area contributed by atoms with Gasteiger partial charge in [0.25, 0.3) is 0 Å². The van der Waals surface area contributed by atoms with Crippen molar-refractivity contribution >= 4 is 12.0 Å². The van der Waals surface area contributed by atoms with Gasteiger partial charge in [-0.25, -0.2) is 4.79 Å². The zero-order valence-electron chi connectivity index (χ0n) is 18.1. The fourth-order valence-electron chi connectivity index (χ4n) is 4.69. The molecule has 0 aliphatic carbocycles. The molecule has 3 rings (SSSR count). The number of carbonyl (C=O) groups is 2. The number of nitrogens with zero attached hydrogens (tertiary/aromatic N) is 2. The maximum Gasteiger partial charge on any atom is 0.408 e. The Kier molecular flexibility index (Phi) is 5.68. The molecule has 0 spiro atoms. The number of carboxylic acid groups (broad SMARTS) is 1. The average molecular weight is 421 g/mol. The lowest BCUT2D eigenvalue weighted by Gasteiger charge is -2.41. The van der Waals surface area contributed by atoms with Crippen molar-refractivity contribution in [3.63, 3.8) is 0 Å².